The lowest BCUT2D eigenvalue weighted by Gasteiger charge is -2.04. The predicted molar refractivity (Wildman–Crippen MR) is 76.5 cm³/mol. The normalized spacial score (nSPS) is 10.8. The summed E-state index contributed by atoms with van der Waals surface area (Å²) in [6.07, 6.45) is 0. The maximum absolute atomic E-state index is 5.93. The first-order chi connectivity index (χ1) is 9.16. The molecule has 4 nitrogen and oxygen atoms in total. The topological polar surface area (TPSA) is 65.2 Å². The van der Waals surface area contributed by atoms with Gasteiger partial charge >= 0.3 is 0 Å². The maximum atomic E-state index is 5.93. The minimum Gasteiger partial charge on any atom is -0.446 e. The van der Waals surface area contributed by atoms with Gasteiger partial charge in [0.1, 0.15) is 0 Å². The van der Waals surface area contributed by atoms with Gasteiger partial charge in [0.15, 0.2) is 16.2 Å². The number of nitrogen functional groups attached to an aromatic ring is 1. The molecule has 0 saturated heterocycles. The summed E-state index contributed by atoms with van der Waals surface area (Å²) in [5.74, 6) is 1.49. The van der Waals surface area contributed by atoms with Crippen LogP contribution in [0.15, 0.2) is 50.0 Å². The van der Waals surface area contributed by atoms with E-state index < -0.39 is 0 Å². The summed E-state index contributed by atoms with van der Waals surface area (Å²) < 4.78 is 11.5. The van der Waals surface area contributed by atoms with Gasteiger partial charge in [-0.25, -0.2) is 0 Å². The SMILES string of the molecule is Cc1ccccc1-c1c(N)noc1-c1ccc(Br)o1. The number of aryl methyl sites for hydroxylation is 1. The minimum atomic E-state index is 0.358. The molecule has 0 atom stereocenters. The molecule has 2 heterocycles. The minimum absolute atomic E-state index is 0.358. The van der Waals surface area contributed by atoms with Crippen molar-refractivity contribution >= 4 is 21.7 Å². The summed E-state index contributed by atoms with van der Waals surface area (Å²) in [4.78, 5) is 0. The highest BCUT2D eigenvalue weighted by Crippen LogP contribution is 2.39. The van der Waals surface area contributed by atoms with Crippen LogP contribution in [-0.2, 0) is 0 Å². The van der Waals surface area contributed by atoms with Gasteiger partial charge in [0.25, 0.3) is 0 Å². The predicted octanol–water partition coefficient (Wildman–Crippen LogP) is 4.25. The Morgan fingerprint density at radius 1 is 1.16 bits per heavy atom. The molecular weight excluding hydrogens is 308 g/mol. The molecule has 0 fully saturated rings. The molecule has 0 aliphatic heterocycles. The quantitative estimate of drug-likeness (QED) is 0.766. The van der Waals surface area contributed by atoms with E-state index in [1.54, 1.807) is 6.07 Å². The van der Waals surface area contributed by atoms with E-state index in [-0.39, 0.29) is 0 Å². The summed E-state index contributed by atoms with van der Waals surface area (Å²) in [5, 5.41) is 3.85. The highest BCUT2D eigenvalue weighted by atomic mass is 79.9. The molecule has 19 heavy (non-hydrogen) atoms. The van der Waals surface area contributed by atoms with Crippen molar-refractivity contribution in [1.82, 2.24) is 5.16 Å². The number of benzene rings is 1. The second-order valence-corrected chi connectivity index (χ2v) is 4.97. The number of nitrogens with zero attached hydrogens (tertiary/aromatic N) is 1. The molecule has 1 aromatic carbocycles. The molecule has 2 aromatic heterocycles. The van der Waals surface area contributed by atoms with Gasteiger partial charge in [0, 0.05) is 0 Å². The molecule has 0 spiro atoms. The molecule has 0 unspecified atom stereocenters. The molecular formula is C14H11BrN2O2. The largest absolute Gasteiger partial charge is 0.446 e. The zero-order valence-corrected chi connectivity index (χ0v) is 11.8. The molecule has 5 heteroatoms. The lowest BCUT2D eigenvalue weighted by molar-refractivity contribution is 0.419. The van der Waals surface area contributed by atoms with Gasteiger partial charge in [-0.15, -0.1) is 0 Å². The fourth-order valence-electron chi connectivity index (χ4n) is 2.02. The number of furan rings is 1. The standard InChI is InChI=1S/C14H11BrN2O2/c1-8-4-2-3-5-9(8)12-13(19-17-14(12)16)10-6-7-11(15)18-10/h2-7H,1H3,(H2,16,17). The summed E-state index contributed by atoms with van der Waals surface area (Å²) in [5.41, 5.74) is 8.78. The van der Waals surface area contributed by atoms with Crippen LogP contribution >= 0.6 is 15.9 Å². The Bertz CT molecular complexity index is 731. The number of anilines is 1. The third-order valence-electron chi connectivity index (χ3n) is 2.93. The van der Waals surface area contributed by atoms with Crippen molar-refractivity contribution < 1.29 is 8.94 Å². The van der Waals surface area contributed by atoms with Crippen LogP contribution < -0.4 is 5.73 Å². The Kier molecular flexibility index (Phi) is 2.91. The number of halogens is 1. The Balaban J connectivity index is 2.22. The van der Waals surface area contributed by atoms with Crippen molar-refractivity contribution in [3.8, 4) is 22.6 Å². The first kappa shape index (κ1) is 12.0. The van der Waals surface area contributed by atoms with E-state index >= 15 is 0 Å². The molecule has 0 aliphatic carbocycles. The second kappa shape index (κ2) is 4.59. The van der Waals surface area contributed by atoms with Crippen molar-refractivity contribution in [2.75, 3.05) is 5.73 Å². The van der Waals surface area contributed by atoms with Gasteiger partial charge in [-0.2, -0.15) is 0 Å². The highest BCUT2D eigenvalue weighted by Gasteiger charge is 2.21. The van der Waals surface area contributed by atoms with Gasteiger partial charge in [-0.1, -0.05) is 29.4 Å². The molecule has 3 rings (SSSR count). The van der Waals surface area contributed by atoms with E-state index in [2.05, 4.69) is 21.1 Å². The van der Waals surface area contributed by atoms with Crippen LogP contribution in [0.1, 0.15) is 5.56 Å². The Morgan fingerprint density at radius 3 is 2.63 bits per heavy atom. The summed E-state index contributed by atoms with van der Waals surface area (Å²) in [6.45, 7) is 2.02. The van der Waals surface area contributed by atoms with Gasteiger partial charge in [0.2, 0.25) is 5.76 Å². The fraction of sp³-hybridized carbons (Fsp3) is 0.0714. The zero-order valence-electron chi connectivity index (χ0n) is 10.2. The molecule has 2 N–H and O–H groups in total. The first-order valence-electron chi connectivity index (χ1n) is 5.73. The Labute approximate surface area is 118 Å². The summed E-state index contributed by atoms with van der Waals surface area (Å²) >= 11 is 3.27. The van der Waals surface area contributed by atoms with E-state index in [9.17, 15) is 0 Å². The van der Waals surface area contributed by atoms with Crippen molar-refractivity contribution in [2.24, 2.45) is 0 Å². The van der Waals surface area contributed by atoms with Gasteiger partial charge in [-0.3, -0.25) is 0 Å². The van der Waals surface area contributed by atoms with E-state index in [0.717, 1.165) is 16.7 Å². The number of hydrogen-bond donors (Lipinski definition) is 1. The molecule has 0 saturated carbocycles. The van der Waals surface area contributed by atoms with E-state index in [4.69, 9.17) is 14.7 Å². The lowest BCUT2D eigenvalue weighted by Crippen LogP contribution is -1.90. The van der Waals surface area contributed by atoms with Crippen LogP contribution in [0.25, 0.3) is 22.6 Å². The van der Waals surface area contributed by atoms with Gasteiger partial charge in [0.05, 0.1) is 5.56 Å². The fourth-order valence-corrected chi connectivity index (χ4v) is 2.33. The van der Waals surface area contributed by atoms with Crippen molar-refractivity contribution in [2.45, 2.75) is 6.92 Å². The van der Waals surface area contributed by atoms with Crippen LogP contribution in [0.2, 0.25) is 0 Å². The average Bonchev–Trinajstić information content (AvgIpc) is 2.96. The molecule has 3 aromatic rings. The van der Waals surface area contributed by atoms with Crippen molar-refractivity contribution in [1.29, 1.82) is 0 Å². The van der Waals surface area contributed by atoms with Crippen molar-refractivity contribution in [3.63, 3.8) is 0 Å². The molecule has 0 aliphatic rings. The maximum Gasteiger partial charge on any atom is 0.212 e. The van der Waals surface area contributed by atoms with E-state index in [1.807, 2.05) is 37.3 Å². The zero-order chi connectivity index (χ0) is 13.4. The third-order valence-corrected chi connectivity index (χ3v) is 3.36. The monoisotopic (exact) mass is 318 g/mol. The third kappa shape index (κ3) is 2.06. The summed E-state index contributed by atoms with van der Waals surface area (Å²) in [6, 6.07) is 11.5. The average molecular weight is 319 g/mol. The van der Waals surface area contributed by atoms with Crippen LogP contribution in [0.3, 0.4) is 0 Å². The number of rotatable bonds is 2. The number of nitrogens with two attached hydrogens (primary N) is 1. The lowest BCUT2D eigenvalue weighted by atomic mass is 10.00. The van der Waals surface area contributed by atoms with Crippen LogP contribution in [0, 0.1) is 6.92 Å². The highest BCUT2D eigenvalue weighted by molar-refractivity contribution is 9.10. The summed E-state index contributed by atoms with van der Waals surface area (Å²) in [7, 11) is 0. The molecule has 0 bridgehead atoms. The first-order valence-corrected chi connectivity index (χ1v) is 6.53. The smallest absolute Gasteiger partial charge is 0.212 e. The van der Waals surface area contributed by atoms with Gasteiger partial charge < -0.3 is 14.7 Å². The molecule has 0 amide bonds. The van der Waals surface area contributed by atoms with Crippen molar-refractivity contribution in [3.05, 3.63) is 46.6 Å². The van der Waals surface area contributed by atoms with E-state index in [1.165, 1.54) is 0 Å². The second-order valence-electron chi connectivity index (χ2n) is 4.19. The van der Waals surface area contributed by atoms with Crippen LogP contribution in [-0.4, -0.2) is 5.16 Å². The van der Waals surface area contributed by atoms with Crippen LogP contribution in [0.5, 0.6) is 0 Å². The Hall–Kier alpha value is -2.01. The Morgan fingerprint density at radius 2 is 1.95 bits per heavy atom. The molecule has 96 valence electrons. The van der Waals surface area contributed by atoms with Crippen LogP contribution in [0.4, 0.5) is 5.82 Å². The molecule has 0 radical (unpaired) electrons. The van der Waals surface area contributed by atoms with E-state index in [0.29, 0.717) is 22.0 Å². The number of hydrogen-bond acceptors (Lipinski definition) is 4. The van der Waals surface area contributed by atoms with Gasteiger partial charge in [-0.05, 0) is 46.1 Å². The number of aromatic nitrogens is 1.